The summed E-state index contributed by atoms with van der Waals surface area (Å²) in [6.45, 7) is 7.19. The molecule has 0 bridgehead atoms. The number of halogens is 1. The Hall–Kier alpha value is -1.62. The van der Waals surface area contributed by atoms with E-state index in [9.17, 15) is 4.79 Å². The topological polar surface area (TPSA) is 67.6 Å². The van der Waals surface area contributed by atoms with Gasteiger partial charge in [-0.3, -0.25) is 0 Å². The van der Waals surface area contributed by atoms with E-state index in [4.69, 9.17) is 22.1 Å². The van der Waals surface area contributed by atoms with Gasteiger partial charge in [-0.15, -0.1) is 0 Å². The molecule has 6 heteroatoms. The van der Waals surface area contributed by atoms with Crippen LogP contribution in [0.1, 0.15) is 33.6 Å². The molecule has 5 nitrogen and oxygen atoms in total. The van der Waals surface area contributed by atoms with E-state index in [1.807, 2.05) is 32.9 Å². The molecule has 1 aromatic rings. The number of nitrogens with two attached hydrogens (primary N) is 1. The van der Waals surface area contributed by atoms with Crippen molar-refractivity contribution in [2.75, 3.05) is 23.7 Å². The highest BCUT2D eigenvalue weighted by molar-refractivity contribution is 6.31. The Morgan fingerprint density at radius 3 is 2.82 bits per heavy atom. The lowest BCUT2D eigenvalue weighted by Gasteiger charge is -2.35. The number of piperidine rings is 1. The van der Waals surface area contributed by atoms with Gasteiger partial charge in [-0.1, -0.05) is 11.6 Å². The molecule has 1 saturated heterocycles. The molecule has 0 radical (unpaired) electrons. The number of nitrogen functional groups attached to an aromatic ring is 1. The Labute approximate surface area is 136 Å². The predicted molar refractivity (Wildman–Crippen MR) is 90.5 cm³/mol. The third-order valence-corrected chi connectivity index (χ3v) is 3.71. The van der Waals surface area contributed by atoms with Gasteiger partial charge in [0.15, 0.2) is 0 Å². The molecule has 1 aliphatic heterocycles. The second kappa shape index (κ2) is 6.65. The lowest BCUT2D eigenvalue weighted by Crippen LogP contribution is -2.49. The van der Waals surface area contributed by atoms with Gasteiger partial charge in [-0.25, -0.2) is 4.79 Å². The molecular weight excluding hydrogens is 302 g/mol. The number of alkyl carbamates (subject to hydrolysis) is 1. The van der Waals surface area contributed by atoms with Crippen molar-refractivity contribution in [3.63, 3.8) is 0 Å². The monoisotopic (exact) mass is 325 g/mol. The van der Waals surface area contributed by atoms with Crippen LogP contribution in [0.15, 0.2) is 18.2 Å². The highest BCUT2D eigenvalue weighted by atomic mass is 35.5. The number of carbonyl (C=O) groups is 1. The number of hydrogen-bond donors (Lipinski definition) is 2. The second-order valence-electron chi connectivity index (χ2n) is 6.63. The van der Waals surface area contributed by atoms with Crippen molar-refractivity contribution >= 4 is 29.1 Å². The fourth-order valence-electron chi connectivity index (χ4n) is 2.60. The minimum absolute atomic E-state index is 0.0543. The fraction of sp³-hybridized carbons (Fsp3) is 0.562. The summed E-state index contributed by atoms with van der Waals surface area (Å²) in [6, 6.07) is 5.56. The van der Waals surface area contributed by atoms with Gasteiger partial charge in [0.2, 0.25) is 0 Å². The van der Waals surface area contributed by atoms with E-state index >= 15 is 0 Å². The Bertz CT molecular complexity index is 543. The maximum atomic E-state index is 11.9. The van der Waals surface area contributed by atoms with Gasteiger partial charge in [0.05, 0.1) is 11.4 Å². The molecule has 0 aromatic heterocycles. The molecule has 0 spiro atoms. The summed E-state index contributed by atoms with van der Waals surface area (Å²) in [7, 11) is 0. The molecule has 2 rings (SSSR count). The first kappa shape index (κ1) is 16.7. The molecule has 122 valence electrons. The number of amides is 1. The number of nitrogens with zero attached hydrogens (tertiary/aromatic N) is 1. The summed E-state index contributed by atoms with van der Waals surface area (Å²) >= 11 is 5.94. The van der Waals surface area contributed by atoms with Gasteiger partial charge < -0.3 is 20.7 Å². The van der Waals surface area contributed by atoms with Crippen LogP contribution < -0.4 is 16.0 Å². The first-order valence-electron chi connectivity index (χ1n) is 7.54. The fourth-order valence-corrected chi connectivity index (χ4v) is 2.78. The van der Waals surface area contributed by atoms with Gasteiger partial charge >= 0.3 is 6.09 Å². The van der Waals surface area contributed by atoms with E-state index in [0.29, 0.717) is 17.3 Å². The Morgan fingerprint density at radius 2 is 2.18 bits per heavy atom. The minimum atomic E-state index is -0.487. The van der Waals surface area contributed by atoms with Crippen molar-refractivity contribution in [3.8, 4) is 0 Å². The molecule has 1 fully saturated rings. The van der Waals surface area contributed by atoms with E-state index in [0.717, 1.165) is 25.1 Å². The van der Waals surface area contributed by atoms with Gasteiger partial charge in [-0.2, -0.15) is 0 Å². The molecule has 1 aromatic carbocycles. The second-order valence-corrected chi connectivity index (χ2v) is 7.07. The minimum Gasteiger partial charge on any atom is -0.444 e. The molecule has 22 heavy (non-hydrogen) atoms. The lowest BCUT2D eigenvalue weighted by molar-refractivity contribution is 0.0500. The summed E-state index contributed by atoms with van der Waals surface area (Å²) in [5.41, 5.74) is 7.17. The van der Waals surface area contributed by atoms with E-state index in [1.54, 1.807) is 6.07 Å². The molecule has 1 atom stereocenters. The Morgan fingerprint density at radius 1 is 1.45 bits per heavy atom. The van der Waals surface area contributed by atoms with Crippen LogP contribution in [-0.2, 0) is 4.74 Å². The summed E-state index contributed by atoms with van der Waals surface area (Å²) in [5.74, 6) is 0. The highest BCUT2D eigenvalue weighted by Crippen LogP contribution is 2.28. The molecule has 3 N–H and O–H groups in total. The predicted octanol–water partition coefficient (Wildman–Crippen LogP) is 3.42. The van der Waals surface area contributed by atoms with Gasteiger partial charge in [0.25, 0.3) is 0 Å². The number of anilines is 2. The Kier molecular flexibility index (Phi) is 5.06. The van der Waals surface area contributed by atoms with E-state index in [1.165, 1.54) is 0 Å². The van der Waals surface area contributed by atoms with Crippen LogP contribution >= 0.6 is 11.6 Å². The smallest absolute Gasteiger partial charge is 0.407 e. The number of ether oxygens (including phenoxy) is 1. The Balaban J connectivity index is 1.98. The number of hydrogen-bond acceptors (Lipinski definition) is 4. The first-order valence-corrected chi connectivity index (χ1v) is 7.92. The maximum Gasteiger partial charge on any atom is 0.407 e. The van der Waals surface area contributed by atoms with Crippen molar-refractivity contribution in [1.82, 2.24) is 5.32 Å². The standard InChI is InChI=1S/C16H24ClN3O2/c1-16(2,3)22-15(21)19-12-5-4-8-20(10-12)14-7-6-11(17)9-13(14)18/h6-7,9,12H,4-5,8,10,18H2,1-3H3,(H,19,21)/t12-/m1/s1. The van der Waals surface area contributed by atoms with Crippen molar-refractivity contribution < 1.29 is 9.53 Å². The van der Waals surface area contributed by atoms with Crippen LogP contribution in [0, 0.1) is 0 Å². The molecular formula is C16H24ClN3O2. The normalized spacial score (nSPS) is 18.9. The lowest BCUT2D eigenvalue weighted by atomic mass is 10.0. The van der Waals surface area contributed by atoms with E-state index in [-0.39, 0.29) is 12.1 Å². The summed E-state index contributed by atoms with van der Waals surface area (Å²) < 4.78 is 5.31. The summed E-state index contributed by atoms with van der Waals surface area (Å²) in [5, 5.41) is 3.56. The van der Waals surface area contributed by atoms with Gasteiger partial charge in [0.1, 0.15) is 5.60 Å². The van der Waals surface area contributed by atoms with E-state index < -0.39 is 5.60 Å². The van der Waals surface area contributed by atoms with Gasteiger partial charge in [0, 0.05) is 24.2 Å². The molecule has 1 aliphatic rings. The van der Waals surface area contributed by atoms with Crippen molar-refractivity contribution in [2.45, 2.75) is 45.3 Å². The zero-order chi connectivity index (χ0) is 16.3. The number of benzene rings is 1. The number of carbonyl (C=O) groups excluding carboxylic acids is 1. The van der Waals surface area contributed by atoms with Crippen molar-refractivity contribution in [2.24, 2.45) is 0 Å². The number of rotatable bonds is 2. The van der Waals surface area contributed by atoms with E-state index in [2.05, 4.69) is 10.2 Å². The van der Waals surface area contributed by atoms with Crippen LogP contribution in [0.5, 0.6) is 0 Å². The first-order chi connectivity index (χ1) is 10.2. The third-order valence-electron chi connectivity index (χ3n) is 3.47. The highest BCUT2D eigenvalue weighted by Gasteiger charge is 2.25. The van der Waals surface area contributed by atoms with Crippen molar-refractivity contribution in [3.05, 3.63) is 23.2 Å². The maximum absolute atomic E-state index is 11.9. The molecule has 0 saturated carbocycles. The van der Waals surface area contributed by atoms with Crippen LogP contribution in [0.4, 0.5) is 16.2 Å². The summed E-state index contributed by atoms with van der Waals surface area (Å²) in [6.07, 6.45) is 1.55. The SMILES string of the molecule is CC(C)(C)OC(=O)N[C@@H]1CCCN(c2ccc(Cl)cc2N)C1. The molecule has 1 heterocycles. The third kappa shape index (κ3) is 4.70. The molecule has 1 amide bonds. The summed E-state index contributed by atoms with van der Waals surface area (Å²) in [4.78, 5) is 14.1. The van der Waals surface area contributed by atoms with Crippen molar-refractivity contribution in [1.29, 1.82) is 0 Å². The largest absolute Gasteiger partial charge is 0.444 e. The quantitative estimate of drug-likeness (QED) is 0.818. The van der Waals surface area contributed by atoms with Crippen LogP contribution in [0.3, 0.4) is 0 Å². The number of nitrogens with one attached hydrogen (secondary N) is 1. The van der Waals surface area contributed by atoms with Gasteiger partial charge in [-0.05, 0) is 51.8 Å². The average Bonchev–Trinajstić information content (AvgIpc) is 2.36. The molecule has 0 unspecified atom stereocenters. The van der Waals surface area contributed by atoms with Crippen LogP contribution in [0.25, 0.3) is 0 Å². The average molecular weight is 326 g/mol. The molecule has 0 aliphatic carbocycles. The zero-order valence-corrected chi connectivity index (χ0v) is 14.1. The van der Waals surface area contributed by atoms with Crippen LogP contribution in [0.2, 0.25) is 5.02 Å². The van der Waals surface area contributed by atoms with Crippen LogP contribution in [-0.4, -0.2) is 30.8 Å². The zero-order valence-electron chi connectivity index (χ0n) is 13.4.